The molecule has 7 nitrogen and oxygen atoms in total. The van der Waals surface area contributed by atoms with Gasteiger partial charge in [-0.15, -0.1) is 11.3 Å². The fraction of sp³-hybridized carbons (Fsp3) is 0.618. The molecule has 1 aromatic carbocycles. The Morgan fingerprint density at radius 2 is 1.86 bits per heavy atom. The van der Waals surface area contributed by atoms with Crippen molar-refractivity contribution >= 4 is 29.2 Å². The summed E-state index contributed by atoms with van der Waals surface area (Å²) in [5, 5.41) is 8.69. The number of allylic oxidation sites excluding steroid dienone is 1. The zero-order chi connectivity index (χ0) is 30.7. The van der Waals surface area contributed by atoms with Crippen LogP contribution in [0.4, 0.5) is 0 Å². The monoisotopic (exact) mass is 598 g/mol. The quantitative estimate of drug-likeness (QED) is 0.324. The molecule has 2 aromatic rings. The van der Waals surface area contributed by atoms with E-state index in [1.54, 1.807) is 18.4 Å². The molecule has 2 fully saturated rings. The van der Waals surface area contributed by atoms with Crippen molar-refractivity contribution in [3.8, 4) is 11.3 Å². The van der Waals surface area contributed by atoms with Crippen LogP contribution in [0.5, 0.6) is 0 Å². The van der Waals surface area contributed by atoms with Gasteiger partial charge < -0.3 is 20.3 Å². The van der Waals surface area contributed by atoms with Gasteiger partial charge in [0.1, 0.15) is 5.01 Å². The number of rotatable bonds is 9. The highest BCUT2D eigenvalue weighted by molar-refractivity contribution is 7.10. The Morgan fingerprint density at radius 3 is 2.45 bits per heavy atom. The number of hydrogen-bond donors (Lipinski definition) is 2. The summed E-state index contributed by atoms with van der Waals surface area (Å²) < 4.78 is 5.47. The smallest absolute Gasteiger partial charge is 0.223 e. The van der Waals surface area contributed by atoms with Gasteiger partial charge in [-0.25, -0.2) is 4.98 Å². The van der Waals surface area contributed by atoms with E-state index in [1.165, 1.54) is 30.0 Å². The van der Waals surface area contributed by atoms with Crippen molar-refractivity contribution in [1.29, 1.82) is 0 Å². The first kappa shape index (κ1) is 35.6. The van der Waals surface area contributed by atoms with Crippen molar-refractivity contribution in [2.75, 3.05) is 40.4 Å². The predicted molar refractivity (Wildman–Crippen MR) is 177 cm³/mol. The number of aromatic nitrogens is 1. The van der Waals surface area contributed by atoms with E-state index in [1.807, 2.05) is 7.05 Å². The van der Waals surface area contributed by atoms with Gasteiger partial charge >= 0.3 is 0 Å². The highest BCUT2D eigenvalue weighted by Crippen LogP contribution is 2.37. The summed E-state index contributed by atoms with van der Waals surface area (Å²) in [6, 6.07) is 6.64. The number of ether oxygens (including phenoxy) is 1. The van der Waals surface area contributed by atoms with Crippen molar-refractivity contribution in [2.24, 2.45) is 5.92 Å². The van der Waals surface area contributed by atoms with Gasteiger partial charge in [-0.3, -0.25) is 9.59 Å². The summed E-state index contributed by atoms with van der Waals surface area (Å²) in [4.78, 5) is 30.1. The molecule has 2 aliphatic heterocycles. The molecule has 0 unspecified atom stereocenters. The van der Waals surface area contributed by atoms with E-state index in [0.29, 0.717) is 18.2 Å². The van der Waals surface area contributed by atoms with Gasteiger partial charge in [0.05, 0.1) is 11.7 Å². The van der Waals surface area contributed by atoms with Crippen LogP contribution in [0.15, 0.2) is 29.7 Å². The maximum Gasteiger partial charge on any atom is 0.223 e. The van der Waals surface area contributed by atoms with Crippen LogP contribution >= 0.6 is 11.3 Å². The molecule has 0 bridgehead atoms. The van der Waals surface area contributed by atoms with Gasteiger partial charge in [-0.05, 0) is 82.0 Å². The maximum absolute atomic E-state index is 13.2. The Morgan fingerprint density at radius 1 is 1.12 bits per heavy atom. The first-order chi connectivity index (χ1) is 20.4. The Bertz CT molecular complexity index is 1090. The molecular formula is C34H54N4O3S. The van der Waals surface area contributed by atoms with E-state index >= 15 is 0 Å². The molecule has 1 atom stereocenters. The summed E-state index contributed by atoms with van der Waals surface area (Å²) in [5.41, 5.74) is 4.91. The molecule has 0 aliphatic carbocycles. The second-order valence-corrected chi connectivity index (χ2v) is 11.8. The van der Waals surface area contributed by atoms with Crippen LogP contribution < -0.4 is 10.6 Å². The fourth-order valence-electron chi connectivity index (χ4n) is 5.26. The van der Waals surface area contributed by atoms with Crippen LogP contribution in [-0.2, 0) is 20.7 Å². The van der Waals surface area contributed by atoms with Gasteiger partial charge in [0.15, 0.2) is 0 Å². The van der Waals surface area contributed by atoms with Crippen LogP contribution in [0.1, 0.15) is 101 Å². The lowest BCUT2D eigenvalue weighted by atomic mass is 9.94. The molecule has 2 aliphatic rings. The lowest BCUT2D eigenvalue weighted by Gasteiger charge is -2.36. The first-order valence-corrected chi connectivity index (χ1v) is 16.7. The standard InChI is InChI=1S/C27H36N2O2S.C4H11N.C3H7NO/c1-3-5-9-21-10-8-11-23(22(21)4-2)24-19-32-27(28-24)25-12-6-7-15-29(25)26(30)18-20-13-16-31-17-14-20;1-3-4-5-2;1-3(5)4-2/h5,8-11,19-20,25H,3-4,6-7,12-18H2,1-2H3;5H,3-4H2,1-2H3;1-2H3,(H,4,5)/b9-5-;;/t25-;;/m0../s1. The van der Waals surface area contributed by atoms with Crippen LogP contribution in [0.2, 0.25) is 0 Å². The molecule has 234 valence electrons. The number of amides is 2. The van der Waals surface area contributed by atoms with E-state index in [-0.39, 0.29) is 11.9 Å². The number of piperidine rings is 1. The first-order valence-electron chi connectivity index (χ1n) is 15.8. The summed E-state index contributed by atoms with van der Waals surface area (Å²) in [5.74, 6) is 0.779. The fourth-order valence-corrected chi connectivity index (χ4v) is 6.22. The van der Waals surface area contributed by atoms with Crippen molar-refractivity contribution in [3.63, 3.8) is 0 Å². The van der Waals surface area contributed by atoms with Gasteiger partial charge in [0, 0.05) is 51.1 Å². The molecule has 8 heteroatoms. The molecular weight excluding hydrogens is 544 g/mol. The van der Waals surface area contributed by atoms with E-state index in [0.717, 1.165) is 82.0 Å². The largest absolute Gasteiger partial charge is 0.381 e. The summed E-state index contributed by atoms with van der Waals surface area (Å²) >= 11 is 1.72. The SMILES string of the molecule is CC/C=C\c1cccc(-c2csc([C@@H]3CCCCN3C(=O)CC3CCOCC3)n2)c1CC.CCCNC.CNC(C)=O. The Balaban J connectivity index is 0.000000533. The number of nitrogens with one attached hydrogen (secondary N) is 2. The van der Waals surface area contributed by atoms with E-state index in [2.05, 4.69) is 72.0 Å². The minimum atomic E-state index is 0.00463. The Hall–Kier alpha value is -2.55. The van der Waals surface area contributed by atoms with Gasteiger partial charge in [-0.1, -0.05) is 51.1 Å². The van der Waals surface area contributed by atoms with Crippen LogP contribution in [0.25, 0.3) is 17.3 Å². The highest BCUT2D eigenvalue weighted by atomic mass is 32.1. The van der Waals surface area contributed by atoms with Crippen molar-refractivity contribution in [2.45, 2.75) is 91.5 Å². The number of likely N-dealkylation sites (tertiary alicyclic amines) is 1. The van der Waals surface area contributed by atoms with Crippen LogP contribution in [-0.4, -0.2) is 62.1 Å². The molecule has 3 heterocycles. The summed E-state index contributed by atoms with van der Waals surface area (Å²) in [6.45, 7) is 11.6. The van der Waals surface area contributed by atoms with E-state index in [9.17, 15) is 9.59 Å². The third-order valence-corrected chi connectivity index (χ3v) is 8.61. The number of hydrogen-bond acceptors (Lipinski definition) is 6. The number of thiazole rings is 1. The molecule has 42 heavy (non-hydrogen) atoms. The minimum Gasteiger partial charge on any atom is -0.381 e. The topological polar surface area (TPSA) is 83.6 Å². The molecule has 0 saturated carbocycles. The van der Waals surface area contributed by atoms with Crippen LogP contribution in [0.3, 0.4) is 0 Å². The summed E-state index contributed by atoms with van der Waals surface area (Å²) in [6.07, 6.45) is 13.6. The highest BCUT2D eigenvalue weighted by Gasteiger charge is 2.31. The average Bonchev–Trinajstić information content (AvgIpc) is 3.51. The zero-order valence-corrected chi connectivity index (χ0v) is 27.7. The number of benzene rings is 1. The second kappa shape index (κ2) is 20.4. The van der Waals surface area contributed by atoms with Gasteiger partial charge in [-0.2, -0.15) is 0 Å². The van der Waals surface area contributed by atoms with Gasteiger partial charge in [0.2, 0.25) is 11.8 Å². The van der Waals surface area contributed by atoms with E-state index < -0.39 is 0 Å². The molecule has 0 spiro atoms. The lowest BCUT2D eigenvalue weighted by molar-refractivity contribution is -0.136. The normalized spacial score (nSPS) is 17.2. The van der Waals surface area contributed by atoms with E-state index in [4.69, 9.17) is 9.72 Å². The van der Waals surface area contributed by atoms with Crippen LogP contribution in [0, 0.1) is 5.92 Å². The zero-order valence-electron chi connectivity index (χ0n) is 26.8. The summed E-state index contributed by atoms with van der Waals surface area (Å²) in [7, 11) is 3.56. The molecule has 2 N–H and O–H groups in total. The third-order valence-electron chi connectivity index (χ3n) is 7.66. The molecule has 0 radical (unpaired) electrons. The molecule has 2 saturated heterocycles. The Labute approximate surface area is 258 Å². The van der Waals surface area contributed by atoms with Crippen molar-refractivity contribution in [3.05, 3.63) is 45.8 Å². The maximum atomic E-state index is 13.2. The Kier molecular flexibility index (Phi) is 17.3. The third kappa shape index (κ3) is 11.6. The second-order valence-electron chi connectivity index (χ2n) is 10.9. The molecule has 2 amide bonds. The predicted octanol–water partition coefficient (Wildman–Crippen LogP) is 7.03. The number of carbonyl (C=O) groups is 2. The average molecular weight is 599 g/mol. The molecule has 4 rings (SSSR count). The number of carbonyl (C=O) groups excluding carboxylic acids is 2. The number of nitrogens with zero attached hydrogens (tertiary/aromatic N) is 2. The van der Waals surface area contributed by atoms with Crippen molar-refractivity contribution in [1.82, 2.24) is 20.5 Å². The minimum absolute atomic E-state index is 0.00463. The van der Waals surface area contributed by atoms with Gasteiger partial charge in [0.25, 0.3) is 0 Å². The van der Waals surface area contributed by atoms with Crippen molar-refractivity contribution < 1.29 is 14.3 Å². The lowest BCUT2D eigenvalue weighted by Crippen LogP contribution is -2.39. The molecule has 1 aromatic heterocycles.